The van der Waals surface area contributed by atoms with Crippen molar-refractivity contribution in [2.75, 3.05) is 11.1 Å². The molecule has 2 aromatic carbocycles. The number of hydrogen-bond acceptors (Lipinski definition) is 5. The van der Waals surface area contributed by atoms with E-state index in [0.717, 1.165) is 30.3 Å². The summed E-state index contributed by atoms with van der Waals surface area (Å²) >= 11 is 7.14. The van der Waals surface area contributed by atoms with Gasteiger partial charge in [0.1, 0.15) is 5.58 Å². The molecule has 6 nitrogen and oxygen atoms in total. The van der Waals surface area contributed by atoms with Gasteiger partial charge in [-0.1, -0.05) is 41.5 Å². The van der Waals surface area contributed by atoms with Gasteiger partial charge in [0, 0.05) is 25.7 Å². The van der Waals surface area contributed by atoms with Crippen LogP contribution in [0.4, 0.5) is 5.69 Å². The molecule has 0 aliphatic carbocycles. The summed E-state index contributed by atoms with van der Waals surface area (Å²) in [7, 11) is 0. The van der Waals surface area contributed by atoms with E-state index in [1.807, 2.05) is 47.9 Å². The Balaban J connectivity index is 1.49. The van der Waals surface area contributed by atoms with E-state index in [2.05, 4.69) is 73.9 Å². The Hall–Kier alpha value is -1.85. The minimum absolute atomic E-state index is 0.0705. The lowest BCUT2D eigenvalue weighted by Crippen LogP contribution is -2.16. The Kier molecular flexibility index (Phi) is 7.26. The first-order valence-electron chi connectivity index (χ1n) is 10.2. The third kappa shape index (κ3) is 5.04. The maximum Gasteiger partial charge on any atom is 0.234 e. The third-order valence-corrected chi connectivity index (χ3v) is 7.10. The monoisotopic (exact) mass is 624 g/mol. The molecule has 1 N–H and O–H groups in total. The summed E-state index contributed by atoms with van der Waals surface area (Å²) in [4.78, 5) is 12.7. The second kappa shape index (κ2) is 9.96. The van der Waals surface area contributed by atoms with E-state index in [-0.39, 0.29) is 11.7 Å². The Morgan fingerprint density at radius 2 is 2.03 bits per heavy atom. The fraction of sp³-hybridized carbons (Fsp3) is 0.261. The van der Waals surface area contributed by atoms with Gasteiger partial charge in [-0.05, 0) is 83.5 Å². The topological polar surface area (TPSA) is 73.0 Å². The van der Waals surface area contributed by atoms with Gasteiger partial charge in [-0.25, -0.2) is 0 Å². The molecule has 32 heavy (non-hydrogen) atoms. The minimum atomic E-state index is -0.0705. The predicted molar refractivity (Wildman–Crippen MR) is 141 cm³/mol. The van der Waals surface area contributed by atoms with Crippen molar-refractivity contribution in [2.45, 2.75) is 38.4 Å². The molecule has 1 amide bonds. The van der Waals surface area contributed by atoms with Crippen LogP contribution in [0.15, 0.2) is 56.5 Å². The third-order valence-electron chi connectivity index (χ3n) is 4.97. The van der Waals surface area contributed by atoms with Crippen LogP contribution in [0, 0.1) is 3.57 Å². The zero-order valence-electron chi connectivity index (χ0n) is 17.9. The van der Waals surface area contributed by atoms with Gasteiger partial charge in [-0.15, -0.1) is 10.2 Å². The molecule has 0 atom stereocenters. The Morgan fingerprint density at radius 1 is 1.22 bits per heavy atom. The highest BCUT2D eigenvalue weighted by Crippen LogP contribution is 2.31. The molecule has 0 saturated heterocycles. The van der Waals surface area contributed by atoms with Crippen molar-refractivity contribution >= 4 is 72.8 Å². The van der Waals surface area contributed by atoms with Crippen molar-refractivity contribution < 1.29 is 9.21 Å². The summed E-state index contributed by atoms with van der Waals surface area (Å²) < 4.78 is 10.1. The standard InChI is InChI=1S/C23H22BrIN4O2S/c1-4-29-22(20-10-14-9-15(24)5-8-19(14)31-20)27-28-23(29)32-12-21(30)26-18-7-6-16(25)11-17(18)13(2)3/h5-11,13H,4,12H2,1-3H3,(H,26,30). The number of nitrogens with zero attached hydrogens (tertiary/aromatic N) is 3. The van der Waals surface area contributed by atoms with E-state index >= 15 is 0 Å². The molecule has 0 unspecified atom stereocenters. The SMILES string of the molecule is CCn1c(SCC(=O)Nc2ccc(I)cc2C(C)C)nnc1-c1cc2cc(Br)ccc2o1. The van der Waals surface area contributed by atoms with E-state index < -0.39 is 0 Å². The molecule has 0 fully saturated rings. The second-order valence-electron chi connectivity index (χ2n) is 7.57. The average molecular weight is 625 g/mol. The van der Waals surface area contributed by atoms with Gasteiger partial charge >= 0.3 is 0 Å². The number of anilines is 1. The minimum Gasteiger partial charge on any atom is -0.453 e. The van der Waals surface area contributed by atoms with Crippen LogP contribution < -0.4 is 5.32 Å². The van der Waals surface area contributed by atoms with Crippen LogP contribution >= 0.6 is 50.3 Å². The van der Waals surface area contributed by atoms with E-state index in [0.29, 0.717) is 29.2 Å². The average Bonchev–Trinajstić information content (AvgIpc) is 3.36. The van der Waals surface area contributed by atoms with Crippen molar-refractivity contribution in [1.82, 2.24) is 14.8 Å². The lowest BCUT2D eigenvalue weighted by Gasteiger charge is -2.14. The zero-order valence-corrected chi connectivity index (χ0v) is 22.4. The molecule has 0 radical (unpaired) electrons. The molecule has 166 valence electrons. The van der Waals surface area contributed by atoms with Crippen molar-refractivity contribution in [3.63, 3.8) is 0 Å². The van der Waals surface area contributed by atoms with E-state index in [1.54, 1.807) is 0 Å². The summed E-state index contributed by atoms with van der Waals surface area (Å²) in [5.74, 6) is 1.81. The van der Waals surface area contributed by atoms with Crippen LogP contribution in [0.2, 0.25) is 0 Å². The van der Waals surface area contributed by atoms with E-state index in [1.165, 1.54) is 11.8 Å². The van der Waals surface area contributed by atoms with Crippen molar-refractivity contribution in [3.8, 4) is 11.6 Å². The number of carbonyl (C=O) groups is 1. The Bertz CT molecular complexity index is 1280. The number of hydrogen-bond donors (Lipinski definition) is 1. The molecule has 2 heterocycles. The van der Waals surface area contributed by atoms with Gasteiger partial charge in [0.15, 0.2) is 10.9 Å². The van der Waals surface area contributed by atoms with Crippen LogP contribution in [0.5, 0.6) is 0 Å². The molecular formula is C23H22BrIN4O2S. The molecule has 0 bridgehead atoms. The van der Waals surface area contributed by atoms with Crippen molar-refractivity contribution in [2.24, 2.45) is 0 Å². The van der Waals surface area contributed by atoms with Crippen LogP contribution in [0.25, 0.3) is 22.6 Å². The van der Waals surface area contributed by atoms with Gasteiger partial charge in [-0.3, -0.25) is 9.36 Å². The maximum absolute atomic E-state index is 12.7. The molecule has 2 aromatic heterocycles. The van der Waals surface area contributed by atoms with Gasteiger partial charge in [-0.2, -0.15) is 0 Å². The summed E-state index contributed by atoms with van der Waals surface area (Å²) in [5, 5.41) is 13.4. The molecule has 0 aliphatic rings. The predicted octanol–water partition coefficient (Wildman–Crippen LogP) is 6.93. The van der Waals surface area contributed by atoms with Crippen LogP contribution in [-0.2, 0) is 11.3 Å². The van der Waals surface area contributed by atoms with E-state index in [4.69, 9.17) is 4.42 Å². The molecule has 0 saturated carbocycles. The van der Waals surface area contributed by atoms with E-state index in [9.17, 15) is 4.79 Å². The number of thioether (sulfide) groups is 1. The summed E-state index contributed by atoms with van der Waals surface area (Å²) in [6.45, 7) is 6.94. The highest BCUT2D eigenvalue weighted by molar-refractivity contribution is 14.1. The molecular weight excluding hydrogens is 603 g/mol. The fourth-order valence-corrected chi connectivity index (χ4v) is 5.13. The number of fused-ring (bicyclic) bond motifs is 1. The molecule has 0 spiro atoms. The number of furan rings is 1. The van der Waals surface area contributed by atoms with Gasteiger partial charge in [0.05, 0.1) is 5.75 Å². The number of benzene rings is 2. The lowest BCUT2D eigenvalue weighted by molar-refractivity contribution is -0.113. The van der Waals surface area contributed by atoms with Crippen LogP contribution in [-0.4, -0.2) is 26.4 Å². The second-order valence-corrected chi connectivity index (χ2v) is 10.7. The molecule has 0 aliphatic heterocycles. The number of halogens is 2. The Labute approximate surface area is 212 Å². The first kappa shape index (κ1) is 23.3. The van der Waals surface area contributed by atoms with Gasteiger partial charge in [0.25, 0.3) is 0 Å². The smallest absolute Gasteiger partial charge is 0.234 e. The lowest BCUT2D eigenvalue weighted by atomic mass is 10.0. The van der Waals surface area contributed by atoms with Crippen molar-refractivity contribution in [3.05, 3.63) is 56.1 Å². The van der Waals surface area contributed by atoms with Gasteiger partial charge < -0.3 is 9.73 Å². The summed E-state index contributed by atoms with van der Waals surface area (Å²) in [6.07, 6.45) is 0. The van der Waals surface area contributed by atoms with Crippen molar-refractivity contribution in [1.29, 1.82) is 0 Å². The zero-order chi connectivity index (χ0) is 22.8. The number of rotatable bonds is 7. The first-order chi connectivity index (χ1) is 15.4. The summed E-state index contributed by atoms with van der Waals surface area (Å²) in [6, 6.07) is 13.9. The quantitative estimate of drug-likeness (QED) is 0.178. The number of carbonyl (C=O) groups excluding carboxylic acids is 1. The highest BCUT2D eigenvalue weighted by Gasteiger charge is 2.18. The summed E-state index contributed by atoms with van der Waals surface area (Å²) in [5.41, 5.74) is 2.78. The maximum atomic E-state index is 12.7. The number of amides is 1. The molecule has 4 aromatic rings. The number of aromatic nitrogens is 3. The van der Waals surface area contributed by atoms with Crippen LogP contribution in [0.1, 0.15) is 32.3 Å². The fourth-order valence-electron chi connectivity index (χ4n) is 3.43. The van der Waals surface area contributed by atoms with Crippen LogP contribution in [0.3, 0.4) is 0 Å². The number of nitrogens with one attached hydrogen (secondary N) is 1. The first-order valence-corrected chi connectivity index (χ1v) is 13.1. The Morgan fingerprint density at radius 3 is 2.78 bits per heavy atom. The molecule has 4 rings (SSSR count). The normalized spacial score (nSPS) is 11.4. The van der Waals surface area contributed by atoms with Gasteiger partial charge in [0.2, 0.25) is 11.7 Å². The molecule has 9 heteroatoms. The highest BCUT2D eigenvalue weighted by atomic mass is 127. The largest absolute Gasteiger partial charge is 0.453 e.